The quantitative estimate of drug-likeness (QED) is 0.843. The summed E-state index contributed by atoms with van der Waals surface area (Å²) < 4.78 is 5.27. The minimum absolute atomic E-state index is 0.409. The van der Waals surface area contributed by atoms with Crippen LogP contribution >= 0.6 is 0 Å². The summed E-state index contributed by atoms with van der Waals surface area (Å²) in [4.78, 5) is 32.9. The van der Waals surface area contributed by atoms with E-state index < -0.39 is 23.6 Å². The van der Waals surface area contributed by atoms with E-state index >= 15 is 0 Å². The SMILES string of the molecule is CON(C)C(=O)C(NC(=O)OC(C)(C)C)c1c[nH]c2ccccc12. The van der Waals surface area contributed by atoms with E-state index in [0.29, 0.717) is 5.56 Å². The average Bonchev–Trinajstić information content (AvgIpc) is 2.93. The topological polar surface area (TPSA) is 83.7 Å². The van der Waals surface area contributed by atoms with Gasteiger partial charge in [0.05, 0.1) is 7.11 Å². The standard InChI is InChI=1S/C17H23N3O4/c1-17(2,3)24-16(22)19-14(15(21)20(4)23-5)12-10-18-13-9-7-6-8-11(12)13/h6-10,14,18H,1-5H3,(H,19,22). The summed E-state index contributed by atoms with van der Waals surface area (Å²) in [5, 5.41) is 4.55. The maximum absolute atomic E-state index is 12.6. The number of fused-ring (bicyclic) bond motifs is 1. The van der Waals surface area contributed by atoms with Crippen molar-refractivity contribution in [3.63, 3.8) is 0 Å². The predicted octanol–water partition coefficient (Wildman–Crippen LogP) is 2.75. The maximum atomic E-state index is 12.6. The Hall–Kier alpha value is -2.54. The number of hydroxylamine groups is 2. The fourth-order valence-electron chi connectivity index (χ4n) is 2.30. The van der Waals surface area contributed by atoms with Crippen molar-refractivity contribution in [3.05, 3.63) is 36.0 Å². The average molecular weight is 333 g/mol. The van der Waals surface area contributed by atoms with Gasteiger partial charge in [-0.3, -0.25) is 9.63 Å². The highest BCUT2D eigenvalue weighted by atomic mass is 16.7. The molecule has 0 spiro atoms. The van der Waals surface area contributed by atoms with Crippen molar-refractivity contribution in [3.8, 4) is 0 Å². The third-order valence-corrected chi connectivity index (χ3v) is 3.42. The fourth-order valence-corrected chi connectivity index (χ4v) is 2.30. The van der Waals surface area contributed by atoms with Gasteiger partial charge in [-0.2, -0.15) is 0 Å². The van der Waals surface area contributed by atoms with Crippen molar-refractivity contribution >= 4 is 22.9 Å². The molecule has 0 fully saturated rings. The van der Waals surface area contributed by atoms with Crippen LogP contribution < -0.4 is 5.32 Å². The number of likely N-dealkylation sites (N-methyl/N-ethyl adjacent to an activating group) is 1. The van der Waals surface area contributed by atoms with E-state index in [0.717, 1.165) is 16.0 Å². The lowest BCUT2D eigenvalue weighted by Gasteiger charge is -2.25. The molecule has 0 saturated carbocycles. The van der Waals surface area contributed by atoms with Crippen LogP contribution in [0, 0.1) is 0 Å². The van der Waals surface area contributed by atoms with Crippen LogP contribution in [0.4, 0.5) is 4.79 Å². The Kier molecular flexibility index (Phi) is 5.14. The highest BCUT2D eigenvalue weighted by Crippen LogP contribution is 2.26. The van der Waals surface area contributed by atoms with Crippen LogP contribution in [0.1, 0.15) is 32.4 Å². The summed E-state index contributed by atoms with van der Waals surface area (Å²) in [5.74, 6) is -0.409. The number of carbonyl (C=O) groups is 2. The van der Waals surface area contributed by atoms with Crippen molar-refractivity contribution in [2.45, 2.75) is 32.4 Å². The molecule has 0 saturated heterocycles. The van der Waals surface area contributed by atoms with Crippen LogP contribution in [0.2, 0.25) is 0 Å². The van der Waals surface area contributed by atoms with Gasteiger partial charge in [0.2, 0.25) is 0 Å². The zero-order chi connectivity index (χ0) is 17.9. The summed E-state index contributed by atoms with van der Waals surface area (Å²) in [5.41, 5.74) is 0.854. The molecular formula is C17H23N3O4. The van der Waals surface area contributed by atoms with E-state index in [1.54, 1.807) is 27.0 Å². The first kappa shape index (κ1) is 17.8. The lowest BCUT2D eigenvalue weighted by molar-refractivity contribution is -0.171. The molecule has 130 valence electrons. The van der Waals surface area contributed by atoms with Gasteiger partial charge in [-0.25, -0.2) is 9.86 Å². The Morgan fingerprint density at radius 2 is 1.92 bits per heavy atom. The van der Waals surface area contributed by atoms with Crippen molar-refractivity contribution in [2.24, 2.45) is 0 Å². The van der Waals surface area contributed by atoms with Gasteiger partial charge >= 0.3 is 6.09 Å². The Balaban J connectivity index is 2.36. The lowest BCUT2D eigenvalue weighted by atomic mass is 10.1. The number of benzene rings is 1. The summed E-state index contributed by atoms with van der Waals surface area (Å²) >= 11 is 0. The molecule has 0 aliphatic carbocycles. The zero-order valence-corrected chi connectivity index (χ0v) is 14.5. The van der Waals surface area contributed by atoms with Gasteiger partial charge in [-0.15, -0.1) is 0 Å². The molecule has 1 aromatic carbocycles. The van der Waals surface area contributed by atoms with Crippen LogP contribution in [0.15, 0.2) is 30.5 Å². The second kappa shape index (κ2) is 6.92. The molecule has 2 N–H and O–H groups in total. The number of aromatic amines is 1. The molecule has 1 unspecified atom stereocenters. The number of carbonyl (C=O) groups excluding carboxylic acids is 2. The summed E-state index contributed by atoms with van der Waals surface area (Å²) in [6, 6.07) is 6.61. The number of para-hydroxylation sites is 1. The van der Waals surface area contributed by atoms with Gasteiger partial charge in [0.15, 0.2) is 0 Å². The number of hydrogen-bond acceptors (Lipinski definition) is 4. The Bertz CT molecular complexity index is 733. The van der Waals surface area contributed by atoms with Gasteiger partial charge in [0, 0.05) is 29.7 Å². The summed E-state index contributed by atoms with van der Waals surface area (Å²) in [7, 11) is 2.87. The zero-order valence-electron chi connectivity index (χ0n) is 14.5. The Morgan fingerprint density at radius 3 is 2.54 bits per heavy atom. The number of H-pyrrole nitrogens is 1. The lowest BCUT2D eigenvalue weighted by Crippen LogP contribution is -2.42. The molecule has 1 aromatic heterocycles. The third kappa shape index (κ3) is 4.05. The van der Waals surface area contributed by atoms with Gasteiger partial charge in [0.1, 0.15) is 11.6 Å². The number of alkyl carbamates (subject to hydrolysis) is 1. The second-order valence-electron chi connectivity index (χ2n) is 6.39. The summed E-state index contributed by atoms with van der Waals surface area (Å²) in [6.45, 7) is 5.28. The molecule has 7 heteroatoms. The number of rotatable bonds is 4. The first-order valence-electron chi connectivity index (χ1n) is 7.60. The fraction of sp³-hybridized carbons (Fsp3) is 0.412. The first-order chi connectivity index (χ1) is 11.2. The Labute approximate surface area is 140 Å². The van der Waals surface area contributed by atoms with Crippen LogP contribution in [0.25, 0.3) is 10.9 Å². The van der Waals surface area contributed by atoms with E-state index in [4.69, 9.17) is 9.57 Å². The van der Waals surface area contributed by atoms with Crippen LogP contribution in [-0.4, -0.2) is 41.8 Å². The highest BCUT2D eigenvalue weighted by molar-refractivity contribution is 5.93. The van der Waals surface area contributed by atoms with E-state index in [1.807, 2.05) is 24.3 Å². The molecule has 0 aliphatic rings. The highest BCUT2D eigenvalue weighted by Gasteiger charge is 2.30. The molecular weight excluding hydrogens is 310 g/mol. The number of amides is 2. The molecule has 2 aromatic rings. The number of ether oxygens (including phenoxy) is 1. The molecule has 0 radical (unpaired) electrons. The van der Waals surface area contributed by atoms with Gasteiger partial charge < -0.3 is 15.0 Å². The molecule has 0 aliphatic heterocycles. The minimum Gasteiger partial charge on any atom is -0.444 e. The van der Waals surface area contributed by atoms with Crippen LogP contribution in [-0.2, 0) is 14.4 Å². The molecule has 2 rings (SSSR count). The molecule has 1 heterocycles. The van der Waals surface area contributed by atoms with E-state index in [-0.39, 0.29) is 0 Å². The number of aromatic nitrogens is 1. The largest absolute Gasteiger partial charge is 0.444 e. The molecule has 7 nitrogen and oxygen atoms in total. The Morgan fingerprint density at radius 1 is 1.25 bits per heavy atom. The molecule has 0 bridgehead atoms. The first-order valence-corrected chi connectivity index (χ1v) is 7.60. The van der Waals surface area contributed by atoms with Gasteiger partial charge in [-0.1, -0.05) is 18.2 Å². The van der Waals surface area contributed by atoms with E-state index in [1.165, 1.54) is 14.2 Å². The molecule has 24 heavy (non-hydrogen) atoms. The second-order valence-corrected chi connectivity index (χ2v) is 6.39. The van der Waals surface area contributed by atoms with Gasteiger partial charge in [-0.05, 0) is 26.8 Å². The molecule has 2 amide bonds. The number of nitrogens with one attached hydrogen (secondary N) is 2. The summed E-state index contributed by atoms with van der Waals surface area (Å²) in [6.07, 6.45) is 1.03. The van der Waals surface area contributed by atoms with Crippen molar-refractivity contribution in [2.75, 3.05) is 14.2 Å². The maximum Gasteiger partial charge on any atom is 0.408 e. The smallest absolute Gasteiger partial charge is 0.408 e. The monoisotopic (exact) mass is 333 g/mol. The minimum atomic E-state index is -0.930. The molecule has 1 atom stereocenters. The van der Waals surface area contributed by atoms with Crippen LogP contribution in [0.3, 0.4) is 0 Å². The third-order valence-electron chi connectivity index (χ3n) is 3.42. The normalized spacial score (nSPS) is 12.7. The van der Waals surface area contributed by atoms with Crippen molar-refractivity contribution in [1.82, 2.24) is 15.4 Å². The van der Waals surface area contributed by atoms with E-state index in [2.05, 4.69) is 10.3 Å². The van der Waals surface area contributed by atoms with E-state index in [9.17, 15) is 9.59 Å². The van der Waals surface area contributed by atoms with Crippen LogP contribution in [0.5, 0.6) is 0 Å². The number of hydrogen-bond donors (Lipinski definition) is 2. The van der Waals surface area contributed by atoms with Crippen molar-refractivity contribution in [1.29, 1.82) is 0 Å². The van der Waals surface area contributed by atoms with Gasteiger partial charge in [0.25, 0.3) is 5.91 Å². The number of nitrogens with zero attached hydrogens (tertiary/aromatic N) is 1. The predicted molar refractivity (Wildman–Crippen MR) is 90.2 cm³/mol. The van der Waals surface area contributed by atoms with Crippen molar-refractivity contribution < 1.29 is 19.2 Å².